The second-order valence-electron chi connectivity index (χ2n) is 2.70. The fourth-order valence-corrected chi connectivity index (χ4v) is 0.858. The average molecular weight is 206 g/mol. The molecule has 0 aromatic heterocycles. The number of ether oxygens (including phenoxy) is 1. The van der Waals surface area contributed by atoms with Crippen LogP contribution in [0.2, 0.25) is 0 Å². The Kier molecular flexibility index (Phi) is 2.73. The summed E-state index contributed by atoms with van der Waals surface area (Å²) in [5, 5.41) is 0. The molecule has 1 aromatic rings. The maximum Gasteiger partial charge on any atom is 0.422 e. The minimum atomic E-state index is -4.37. The Morgan fingerprint density at radius 1 is 1.21 bits per heavy atom. The van der Waals surface area contributed by atoms with Gasteiger partial charge in [-0.25, -0.2) is 0 Å². The molecule has 78 valence electrons. The Morgan fingerprint density at radius 2 is 1.86 bits per heavy atom. The van der Waals surface area contributed by atoms with Crippen LogP contribution in [-0.4, -0.2) is 12.8 Å². The van der Waals surface area contributed by atoms with E-state index < -0.39 is 12.8 Å². The van der Waals surface area contributed by atoms with Crippen molar-refractivity contribution < 1.29 is 17.9 Å². The first-order chi connectivity index (χ1) is 6.38. The Bertz CT molecular complexity index is 325. The number of alkyl halides is 3. The lowest BCUT2D eigenvalue weighted by Gasteiger charge is -2.11. The molecule has 1 aromatic carbocycles. The molecule has 3 nitrogen and oxygen atoms in total. The molecule has 0 aliphatic heterocycles. The largest absolute Gasteiger partial charge is 0.482 e. The molecule has 0 saturated carbocycles. The zero-order valence-electron chi connectivity index (χ0n) is 7.14. The molecule has 0 bridgehead atoms. The highest BCUT2D eigenvalue weighted by Gasteiger charge is 2.28. The second-order valence-corrected chi connectivity index (χ2v) is 2.70. The van der Waals surface area contributed by atoms with Crippen LogP contribution in [0, 0.1) is 0 Å². The van der Waals surface area contributed by atoms with Crippen LogP contribution in [0.15, 0.2) is 18.2 Å². The summed E-state index contributed by atoms with van der Waals surface area (Å²) in [5.74, 6) is -0.0171. The Labute approximate surface area is 78.5 Å². The normalized spacial score (nSPS) is 11.4. The highest BCUT2D eigenvalue weighted by atomic mass is 19.4. The van der Waals surface area contributed by atoms with Gasteiger partial charge in [0.25, 0.3) is 0 Å². The van der Waals surface area contributed by atoms with Gasteiger partial charge in [-0.1, -0.05) is 0 Å². The summed E-state index contributed by atoms with van der Waals surface area (Å²) in [6.45, 7) is -1.36. The quantitative estimate of drug-likeness (QED) is 0.725. The van der Waals surface area contributed by atoms with E-state index in [9.17, 15) is 13.2 Å². The van der Waals surface area contributed by atoms with Crippen LogP contribution >= 0.6 is 0 Å². The summed E-state index contributed by atoms with van der Waals surface area (Å²) in [6, 6.07) is 4.06. The van der Waals surface area contributed by atoms with Crippen molar-refractivity contribution in [2.24, 2.45) is 0 Å². The van der Waals surface area contributed by atoms with Crippen LogP contribution in [0.1, 0.15) is 0 Å². The van der Waals surface area contributed by atoms with Crippen molar-refractivity contribution in [3.8, 4) is 5.75 Å². The van der Waals surface area contributed by atoms with Gasteiger partial charge in [-0.15, -0.1) is 0 Å². The van der Waals surface area contributed by atoms with Gasteiger partial charge in [-0.05, 0) is 18.2 Å². The minimum Gasteiger partial charge on any atom is -0.482 e. The summed E-state index contributed by atoms with van der Waals surface area (Å²) in [6.07, 6.45) is -4.37. The fourth-order valence-electron chi connectivity index (χ4n) is 0.858. The SMILES string of the molecule is Nc1ccc(OCC(F)(F)F)c(N)c1. The molecule has 0 saturated heterocycles. The molecule has 0 fully saturated rings. The van der Waals surface area contributed by atoms with Crippen LogP contribution in [0.4, 0.5) is 24.5 Å². The predicted octanol–water partition coefficient (Wildman–Crippen LogP) is 1.79. The van der Waals surface area contributed by atoms with Gasteiger partial charge in [0.05, 0.1) is 5.69 Å². The molecule has 0 unspecified atom stereocenters. The summed E-state index contributed by atoms with van der Waals surface area (Å²) in [4.78, 5) is 0. The number of nitrogen functional groups attached to an aromatic ring is 2. The fraction of sp³-hybridized carbons (Fsp3) is 0.250. The van der Waals surface area contributed by atoms with Gasteiger partial charge in [0.1, 0.15) is 5.75 Å². The first kappa shape index (κ1) is 10.5. The first-order valence-corrected chi connectivity index (χ1v) is 3.73. The van der Waals surface area contributed by atoms with Gasteiger partial charge >= 0.3 is 6.18 Å². The standard InChI is InChI=1S/C8H9F3N2O/c9-8(10,11)4-14-7-2-1-5(12)3-6(7)13/h1-3H,4,12-13H2. The molecule has 0 spiro atoms. The third kappa shape index (κ3) is 3.04. The minimum absolute atomic E-state index is 0.0171. The summed E-state index contributed by atoms with van der Waals surface area (Å²) >= 11 is 0. The third-order valence-electron chi connectivity index (χ3n) is 1.43. The molecular weight excluding hydrogens is 197 g/mol. The van der Waals surface area contributed by atoms with Gasteiger partial charge in [-0.3, -0.25) is 0 Å². The lowest BCUT2D eigenvalue weighted by Crippen LogP contribution is -2.19. The van der Waals surface area contributed by atoms with E-state index in [1.54, 1.807) is 0 Å². The van der Waals surface area contributed by atoms with E-state index >= 15 is 0 Å². The number of rotatable bonds is 2. The maximum atomic E-state index is 11.8. The highest BCUT2D eigenvalue weighted by Crippen LogP contribution is 2.25. The maximum absolute atomic E-state index is 11.8. The Balaban J connectivity index is 2.68. The van der Waals surface area contributed by atoms with Crippen molar-refractivity contribution in [1.82, 2.24) is 0 Å². The van der Waals surface area contributed by atoms with Crippen molar-refractivity contribution in [2.45, 2.75) is 6.18 Å². The smallest absolute Gasteiger partial charge is 0.422 e. The lowest BCUT2D eigenvalue weighted by atomic mass is 10.2. The van der Waals surface area contributed by atoms with E-state index in [2.05, 4.69) is 4.74 Å². The monoisotopic (exact) mass is 206 g/mol. The number of anilines is 2. The molecule has 0 aliphatic carbocycles. The molecule has 0 atom stereocenters. The van der Waals surface area contributed by atoms with Gasteiger partial charge in [0.15, 0.2) is 6.61 Å². The zero-order chi connectivity index (χ0) is 10.8. The van der Waals surface area contributed by atoms with Crippen molar-refractivity contribution in [3.05, 3.63) is 18.2 Å². The molecule has 0 radical (unpaired) electrons. The average Bonchev–Trinajstić information content (AvgIpc) is 2.00. The molecule has 6 heteroatoms. The van der Waals surface area contributed by atoms with Crippen LogP contribution in [-0.2, 0) is 0 Å². The molecule has 4 N–H and O–H groups in total. The van der Waals surface area contributed by atoms with Crippen LogP contribution in [0.5, 0.6) is 5.75 Å². The molecule has 0 amide bonds. The van der Waals surface area contributed by atoms with Crippen molar-refractivity contribution in [2.75, 3.05) is 18.1 Å². The number of nitrogens with two attached hydrogens (primary N) is 2. The van der Waals surface area contributed by atoms with Crippen LogP contribution in [0.25, 0.3) is 0 Å². The van der Waals surface area contributed by atoms with Crippen molar-refractivity contribution in [3.63, 3.8) is 0 Å². The zero-order valence-corrected chi connectivity index (χ0v) is 7.14. The Hall–Kier alpha value is -1.59. The number of hydrogen-bond acceptors (Lipinski definition) is 3. The topological polar surface area (TPSA) is 61.3 Å². The van der Waals surface area contributed by atoms with E-state index in [-0.39, 0.29) is 11.4 Å². The highest BCUT2D eigenvalue weighted by molar-refractivity contribution is 5.60. The van der Waals surface area contributed by atoms with Crippen LogP contribution in [0.3, 0.4) is 0 Å². The third-order valence-corrected chi connectivity index (χ3v) is 1.43. The predicted molar refractivity (Wildman–Crippen MR) is 46.8 cm³/mol. The Morgan fingerprint density at radius 3 is 2.36 bits per heavy atom. The van der Waals surface area contributed by atoms with Gasteiger partial charge in [0, 0.05) is 5.69 Å². The number of benzene rings is 1. The molecule has 1 rings (SSSR count). The number of hydrogen-bond donors (Lipinski definition) is 2. The molecule has 14 heavy (non-hydrogen) atoms. The van der Waals surface area contributed by atoms with Crippen molar-refractivity contribution in [1.29, 1.82) is 0 Å². The lowest BCUT2D eigenvalue weighted by molar-refractivity contribution is -0.153. The van der Waals surface area contributed by atoms with Crippen molar-refractivity contribution >= 4 is 11.4 Å². The van der Waals surface area contributed by atoms with E-state index in [4.69, 9.17) is 11.5 Å². The van der Waals surface area contributed by atoms with E-state index in [0.717, 1.165) is 0 Å². The molecule has 0 aliphatic rings. The summed E-state index contributed by atoms with van der Waals surface area (Å²) in [5.41, 5.74) is 11.2. The van der Waals surface area contributed by atoms with E-state index in [1.165, 1.54) is 18.2 Å². The van der Waals surface area contributed by atoms with E-state index in [0.29, 0.717) is 5.69 Å². The van der Waals surface area contributed by atoms with Gasteiger partial charge < -0.3 is 16.2 Å². The summed E-state index contributed by atoms with van der Waals surface area (Å²) < 4.78 is 39.7. The van der Waals surface area contributed by atoms with Gasteiger partial charge in [0.2, 0.25) is 0 Å². The van der Waals surface area contributed by atoms with Gasteiger partial charge in [-0.2, -0.15) is 13.2 Å². The van der Waals surface area contributed by atoms with E-state index in [1.807, 2.05) is 0 Å². The number of halogens is 3. The summed E-state index contributed by atoms with van der Waals surface area (Å²) in [7, 11) is 0. The molecular formula is C8H9F3N2O. The second kappa shape index (κ2) is 3.65. The first-order valence-electron chi connectivity index (χ1n) is 3.73. The van der Waals surface area contributed by atoms with Crippen LogP contribution < -0.4 is 16.2 Å². The molecule has 0 heterocycles.